The van der Waals surface area contributed by atoms with Crippen molar-refractivity contribution in [1.29, 1.82) is 0 Å². The molecule has 0 spiro atoms. The van der Waals surface area contributed by atoms with Gasteiger partial charge >= 0.3 is 0 Å². The maximum Gasteiger partial charge on any atom is 0.226 e. The van der Waals surface area contributed by atoms with Crippen LogP contribution in [0.5, 0.6) is 0 Å². The largest absolute Gasteiger partial charge is 0.381 e. The predicted molar refractivity (Wildman–Crippen MR) is 76.6 cm³/mol. The second-order valence-electron chi connectivity index (χ2n) is 4.90. The van der Waals surface area contributed by atoms with E-state index in [-0.39, 0.29) is 11.8 Å². The van der Waals surface area contributed by atoms with E-state index in [2.05, 4.69) is 34.3 Å². The van der Waals surface area contributed by atoms with Gasteiger partial charge in [-0.05, 0) is 45.3 Å². The number of carbonyl (C=O) groups is 1. The molecule has 2 rings (SSSR count). The summed E-state index contributed by atoms with van der Waals surface area (Å²) >= 11 is 5.10. The smallest absolute Gasteiger partial charge is 0.226 e. The fraction of sp³-hybridized carbons (Fsp3) is 0.615. The maximum absolute atomic E-state index is 12.4. The van der Waals surface area contributed by atoms with Crippen molar-refractivity contribution in [3.63, 3.8) is 0 Å². The zero-order chi connectivity index (χ0) is 13.1. The van der Waals surface area contributed by atoms with Crippen LogP contribution < -0.4 is 0 Å². The van der Waals surface area contributed by atoms with Crippen molar-refractivity contribution in [2.24, 2.45) is 11.8 Å². The highest BCUT2D eigenvalue weighted by Gasteiger charge is 2.30. The molecule has 18 heavy (non-hydrogen) atoms. The molecule has 1 saturated heterocycles. The van der Waals surface area contributed by atoms with Crippen molar-refractivity contribution in [1.82, 2.24) is 4.90 Å². The van der Waals surface area contributed by atoms with Crippen LogP contribution in [-0.4, -0.2) is 31.1 Å². The topological polar surface area (TPSA) is 29.5 Å². The summed E-state index contributed by atoms with van der Waals surface area (Å²) in [6.45, 7) is 4.19. The van der Waals surface area contributed by atoms with Gasteiger partial charge in [-0.25, -0.2) is 0 Å². The molecule has 1 aromatic rings. The van der Waals surface area contributed by atoms with Gasteiger partial charge in [-0.2, -0.15) is 0 Å². The first-order valence-electron chi connectivity index (χ1n) is 6.13. The van der Waals surface area contributed by atoms with Crippen LogP contribution in [0.3, 0.4) is 0 Å². The molecular weight excluding hydrogens is 314 g/mol. The molecule has 100 valence electrons. The van der Waals surface area contributed by atoms with E-state index < -0.39 is 0 Å². The molecule has 2 atom stereocenters. The lowest BCUT2D eigenvalue weighted by Crippen LogP contribution is -2.39. The van der Waals surface area contributed by atoms with Crippen LogP contribution in [-0.2, 0) is 16.1 Å². The van der Waals surface area contributed by atoms with Crippen molar-refractivity contribution in [2.45, 2.75) is 19.9 Å². The molecule has 1 aliphatic rings. The van der Waals surface area contributed by atoms with E-state index in [9.17, 15) is 4.79 Å². The number of thiophene rings is 1. The Kier molecular flexibility index (Phi) is 4.81. The van der Waals surface area contributed by atoms with Crippen LogP contribution in [0.4, 0.5) is 0 Å². The van der Waals surface area contributed by atoms with E-state index in [1.54, 1.807) is 11.3 Å². The van der Waals surface area contributed by atoms with Gasteiger partial charge in [0.1, 0.15) is 0 Å². The van der Waals surface area contributed by atoms with Gasteiger partial charge in [-0.15, -0.1) is 11.3 Å². The molecule has 2 unspecified atom stereocenters. The summed E-state index contributed by atoms with van der Waals surface area (Å²) < 4.78 is 6.50. The first-order chi connectivity index (χ1) is 8.58. The Balaban J connectivity index is 1.95. The molecule has 1 amide bonds. The average Bonchev–Trinajstić information content (AvgIpc) is 2.74. The Morgan fingerprint density at radius 1 is 1.67 bits per heavy atom. The van der Waals surface area contributed by atoms with Crippen LogP contribution in [0.25, 0.3) is 0 Å². The molecule has 0 saturated carbocycles. The van der Waals surface area contributed by atoms with Gasteiger partial charge in [0.15, 0.2) is 0 Å². The number of halogens is 1. The highest BCUT2D eigenvalue weighted by molar-refractivity contribution is 9.11. The zero-order valence-corrected chi connectivity index (χ0v) is 13.1. The third-order valence-electron chi connectivity index (χ3n) is 3.38. The maximum atomic E-state index is 12.4. The van der Waals surface area contributed by atoms with Crippen molar-refractivity contribution in [3.8, 4) is 0 Å². The number of carbonyl (C=O) groups excluding carboxylic acids is 1. The highest BCUT2D eigenvalue weighted by Crippen LogP contribution is 2.25. The van der Waals surface area contributed by atoms with Crippen molar-refractivity contribution >= 4 is 33.2 Å². The first-order valence-corrected chi connectivity index (χ1v) is 7.81. The second kappa shape index (κ2) is 6.17. The molecule has 5 heteroatoms. The summed E-state index contributed by atoms with van der Waals surface area (Å²) in [4.78, 5) is 14.2. The monoisotopic (exact) mass is 331 g/mol. The minimum atomic E-state index is 0.117. The Morgan fingerprint density at radius 2 is 2.44 bits per heavy atom. The normalized spacial score (nSPS) is 23.9. The molecule has 0 aliphatic carbocycles. The Hall–Kier alpha value is -0.390. The standard InChI is InChI=1S/C13H18BrNO2S/c1-9-7-17-4-3-11(9)13(16)15(2)6-10-5-12(14)18-8-10/h5,8-9,11H,3-4,6-7H2,1-2H3. The molecule has 0 aromatic carbocycles. The van der Waals surface area contributed by atoms with Gasteiger partial charge in [0, 0.05) is 32.7 Å². The molecule has 0 radical (unpaired) electrons. The van der Waals surface area contributed by atoms with E-state index in [1.807, 2.05) is 11.9 Å². The molecule has 1 aromatic heterocycles. The van der Waals surface area contributed by atoms with Gasteiger partial charge in [-0.1, -0.05) is 6.92 Å². The molecule has 2 heterocycles. The molecular formula is C13H18BrNO2S. The fourth-order valence-corrected chi connectivity index (χ4v) is 3.51. The fourth-order valence-electron chi connectivity index (χ4n) is 2.31. The predicted octanol–water partition coefficient (Wildman–Crippen LogP) is 3.14. The van der Waals surface area contributed by atoms with Crippen LogP contribution in [0.1, 0.15) is 18.9 Å². The van der Waals surface area contributed by atoms with Gasteiger partial charge in [0.2, 0.25) is 5.91 Å². The quantitative estimate of drug-likeness (QED) is 0.851. The molecule has 1 aliphatic heterocycles. The lowest BCUT2D eigenvalue weighted by Gasteiger charge is -2.31. The molecule has 0 N–H and O–H groups in total. The van der Waals surface area contributed by atoms with Crippen molar-refractivity contribution in [3.05, 3.63) is 20.8 Å². The zero-order valence-electron chi connectivity index (χ0n) is 10.7. The highest BCUT2D eigenvalue weighted by atomic mass is 79.9. The number of amides is 1. The second-order valence-corrected chi connectivity index (χ2v) is 7.19. The van der Waals surface area contributed by atoms with E-state index in [1.165, 1.54) is 5.56 Å². The lowest BCUT2D eigenvalue weighted by molar-refractivity contribution is -0.140. The minimum Gasteiger partial charge on any atom is -0.381 e. The summed E-state index contributed by atoms with van der Waals surface area (Å²) in [5, 5.41) is 2.08. The first kappa shape index (κ1) is 14.0. The summed E-state index contributed by atoms with van der Waals surface area (Å²) in [6, 6.07) is 2.07. The summed E-state index contributed by atoms with van der Waals surface area (Å²) in [7, 11) is 1.89. The van der Waals surface area contributed by atoms with E-state index in [4.69, 9.17) is 4.74 Å². The van der Waals surface area contributed by atoms with Crippen LogP contribution in [0.2, 0.25) is 0 Å². The minimum absolute atomic E-state index is 0.117. The van der Waals surface area contributed by atoms with Crippen LogP contribution >= 0.6 is 27.3 Å². The molecule has 0 bridgehead atoms. The molecule has 3 nitrogen and oxygen atoms in total. The van der Waals surface area contributed by atoms with Crippen molar-refractivity contribution < 1.29 is 9.53 Å². The van der Waals surface area contributed by atoms with Gasteiger partial charge in [-0.3, -0.25) is 4.79 Å². The number of ether oxygens (including phenoxy) is 1. The number of rotatable bonds is 3. The number of hydrogen-bond acceptors (Lipinski definition) is 3. The van der Waals surface area contributed by atoms with E-state index in [0.717, 1.165) is 10.2 Å². The number of nitrogens with zero attached hydrogens (tertiary/aromatic N) is 1. The Bertz CT molecular complexity index is 421. The lowest BCUT2D eigenvalue weighted by atomic mass is 9.89. The van der Waals surface area contributed by atoms with Crippen molar-refractivity contribution in [2.75, 3.05) is 20.3 Å². The van der Waals surface area contributed by atoms with E-state index in [0.29, 0.717) is 25.7 Å². The summed E-state index contributed by atoms with van der Waals surface area (Å²) in [6.07, 6.45) is 0.845. The van der Waals surface area contributed by atoms with E-state index >= 15 is 0 Å². The van der Waals surface area contributed by atoms with Gasteiger partial charge < -0.3 is 9.64 Å². The SMILES string of the molecule is CC1COCCC1C(=O)N(C)Cc1csc(Br)c1. The Labute approximate surface area is 120 Å². The third-order valence-corrected chi connectivity index (χ3v) is 4.93. The Morgan fingerprint density at radius 3 is 3.06 bits per heavy atom. The molecule has 1 fully saturated rings. The average molecular weight is 332 g/mol. The van der Waals surface area contributed by atoms with Gasteiger partial charge in [0.05, 0.1) is 3.79 Å². The van der Waals surface area contributed by atoms with Gasteiger partial charge in [0.25, 0.3) is 0 Å². The summed E-state index contributed by atoms with van der Waals surface area (Å²) in [5.41, 5.74) is 1.18. The van der Waals surface area contributed by atoms with Crippen LogP contribution in [0, 0.1) is 11.8 Å². The third kappa shape index (κ3) is 3.33. The van der Waals surface area contributed by atoms with Crippen LogP contribution in [0.15, 0.2) is 15.2 Å². The summed E-state index contributed by atoms with van der Waals surface area (Å²) in [5.74, 6) is 0.682. The number of hydrogen-bond donors (Lipinski definition) is 0.